The van der Waals surface area contributed by atoms with E-state index in [1.54, 1.807) is 28.3 Å². The van der Waals surface area contributed by atoms with E-state index in [0.29, 0.717) is 63.5 Å². The van der Waals surface area contributed by atoms with E-state index in [1.165, 1.54) is 4.90 Å². The number of ketones is 2. The van der Waals surface area contributed by atoms with E-state index in [0.717, 1.165) is 23.3 Å². The van der Waals surface area contributed by atoms with Crippen LogP contribution in [-0.4, -0.2) is 121 Å². The van der Waals surface area contributed by atoms with Gasteiger partial charge in [-0.3, -0.25) is 19.7 Å². The molecule has 3 heterocycles. The summed E-state index contributed by atoms with van der Waals surface area (Å²) in [5.41, 5.74) is 1.89. The Labute approximate surface area is 393 Å². The lowest BCUT2D eigenvalue weighted by Crippen LogP contribution is -2.64. The molecule has 0 aromatic heterocycles. The summed E-state index contributed by atoms with van der Waals surface area (Å²) in [4.78, 5) is 58.6. The van der Waals surface area contributed by atoms with Gasteiger partial charge in [-0.05, 0) is 138 Å². The minimum Gasteiger partial charge on any atom is -0.497 e. The summed E-state index contributed by atoms with van der Waals surface area (Å²) in [5.74, 6) is -4.94. The quantitative estimate of drug-likeness (QED) is 0.0875. The van der Waals surface area contributed by atoms with Crippen molar-refractivity contribution >= 4 is 23.4 Å². The molecule has 14 heteroatoms. The zero-order valence-corrected chi connectivity index (χ0v) is 41.3. The van der Waals surface area contributed by atoms with Crippen molar-refractivity contribution in [1.29, 1.82) is 0 Å². The summed E-state index contributed by atoms with van der Waals surface area (Å²) in [6.45, 7) is 13.8. The van der Waals surface area contributed by atoms with Crippen molar-refractivity contribution in [3.05, 3.63) is 47.6 Å². The molecule has 4 aliphatic rings. The van der Waals surface area contributed by atoms with Crippen LogP contribution in [0.5, 0.6) is 11.5 Å². The van der Waals surface area contributed by atoms with E-state index >= 15 is 0 Å². The Hall–Kier alpha value is -3.66. The molecule has 0 radical (unpaired) electrons. The van der Waals surface area contributed by atoms with Gasteiger partial charge in [0, 0.05) is 45.1 Å². The van der Waals surface area contributed by atoms with E-state index in [4.69, 9.17) is 28.4 Å². The van der Waals surface area contributed by atoms with Crippen molar-refractivity contribution in [2.75, 3.05) is 27.9 Å². The highest BCUT2D eigenvalue weighted by molar-refractivity contribution is 6.39. The molecular weight excluding hydrogens is 845 g/mol. The molecule has 0 spiro atoms. The number of allylic oxidation sites excluding steroid dienone is 3. The number of hydrogen-bond acceptors (Lipinski definition) is 13. The van der Waals surface area contributed by atoms with Crippen LogP contribution in [0.4, 0.5) is 0 Å². The standard InChI is InChI=1S/C52H80N2O12/c1-11-37-26-31(3)25-32(4)27-44(62-9)48-45(63-10)29-35(7)52(60,66-48)49(57)50(58)54-24-14-13-15-41(54)51(59)65-47(33(5)16-22-42(37)55)34(6)28-36-17-23-43(40(30-36)53-46(56)12-2)64-39-20-18-38(61-8)19-21-39/h18-21,26,28,32-33,35-37,40-41,43-48,53,56,60H,11-17,22-25,27,29-30H2,1-10H3/b31-26+,34-28+/t32?,33-,35?,36-,37+,40?,41?,43+,44?,45?,46+,47-,48+,52?/m0/s1. The largest absolute Gasteiger partial charge is 0.497 e. The molecule has 2 saturated heterocycles. The molecule has 3 N–H and O–H groups in total. The summed E-state index contributed by atoms with van der Waals surface area (Å²) in [6.07, 6.45) is 7.52. The van der Waals surface area contributed by atoms with Gasteiger partial charge in [0.2, 0.25) is 5.79 Å². The Morgan fingerprint density at radius 2 is 1.61 bits per heavy atom. The van der Waals surface area contributed by atoms with Crippen LogP contribution in [0, 0.1) is 29.6 Å². The number of rotatable bonds is 11. The molecular formula is C52H80N2O12. The molecule has 1 aromatic rings. The monoisotopic (exact) mass is 925 g/mol. The third-order valence-electron chi connectivity index (χ3n) is 14.6. The molecule has 1 saturated carbocycles. The number of hydrogen-bond donors (Lipinski definition) is 3. The zero-order valence-electron chi connectivity index (χ0n) is 41.3. The molecule has 1 aliphatic carbocycles. The number of piperidine rings is 1. The average molecular weight is 925 g/mol. The van der Waals surface area contributed by atoms with Crippen LogP contribution in [-0.2, 0) is 38.1 Å². The molecule has 7 unspecified atom stereocenters. The summed E-state index contributed by atoms with van der Waals surface area (Å²) in [6, 6.07) is 6.20. The molecule has 14 nitrogen and oxygen atoms in total. The predicted octanol–water partition coefficient (Wildman–Crippen LogP) is 7.27. The van der Waals surface area contributed by atoms with Crippen LogP contribution in [0.25, 0.3) is 0 Å². The lowest BCUT2D eigenvalue weighted by Gasteiger charge is -2.47. The Balaban J connectivity index is 1.47. The van der Waals surface area contributed by atoms with Crippen LogP contribution in [0.15, 0.2) is 47.6 Å². The first-order valence-corrected chi connectivity index (χ1v) is 24.6. The summed E-state index contributed by atoms with van der Waals surface area (Å²) < 4.78 is 36.4. The summed E-state index contributed by atoms with van der Waals surface area (Å²) in [7, 11) is 4.72. The topological polar surface area (TPSA) is 179 Å². The molecule has 3 fully saturated rings. The van der Waals surface area contributed by atoms with Gasteiger partial charge in [-0.25, -0.2) is 4.79 Å². The van der Waals surface area contributed by atoms with E-state index in [2.05, 4.69) is 24.4 Å². The van der Waals surface area contributed by atoms with Crippen molar-refractivity contribution in [1.82, 2.24) is 10.2 Å². The zero-order chi connectivity index (χ0) is 48.3. The van der Waals surface area contributed by atoms with Crippen molar-refractivity contribution < 1.29 is 57.8 Å². The summed E-state index contributed by atoms with van der Waals surface area (Å²) >= 11 is 0. The molecule has 14 atom stereocenters. The first-order valence-electron chi connectivity index (χ1n) is 24.6. The number of esters is 1. The van der Waals surface area contributed by atoms with E-state index < -0.39 is 66.1 Å². The van der Waals surface area contributed by atoms with Gasteiger partial charge in [0.1, 0.15) is 47.9 Å². The van der Waals surface area contributed by atoms with Gasteiger partial charge in [-0.15, -0.1) is 0 Å². The molecule has 3 aliphatic heterocycles. The lowest BCUT2D eigenvalue weighted by atomic mass is 9.81. The number of carbonyl (C=O) groups excluding carboxylic acids is 4. The molecule has 370 valence electrons. The lowest BCUT2D eigenvalue weighted by molar-refractivity contribution is -0.302. The second-order valence-corrected chi connectivity index (χ2v) is 19.7. The van der Waals surface area contributed by atoms with Crippen LogP contribution in [0.3, 0.4) is 0 Å². The fourth-order valence-corrected chi connectivity index (χ4v) is 10.7. The fourth-order valence-electron chi connectivity index (χ4n) is 10.7. The highest BCUT2D eigenvalue weighted by Gasteiger charge is 2.56. The van der Waals surface area contributed by atoms with Gasteiger partial charge in [-0.2, -0.15) is 0 Å². The number of fused-ring (bicyclic) bond motifs is 3. The van der Waals surface area contributed by atoms with Gasteiger partial charge < -0.3 is 43.5 Å². The Bertz CT molecular complexity index is 1830. The Kier molecular flexibility index (Phi) is 19.8. The highest BCUT2D eigenvalue weighted by atomic mass is 16.7. The van der Waals surface area contributed by atoms with Crippen LogP contribution in [0.1, 0.15) is 132 Å². The van der Waals surface area contributed by atoms with Gasteiger partial charge >= 0.3 is 5.97 Å². The fraction of sp³-hybridized carbons (Fsp3) is 0.731. The first-order chi connectivity index (χ1) is 31.5. The maximum Gasteiger partial charge on any atom is 0.329 e. The number of benzene rings is 1. The number of amides is 1. The number of nitrogens with zero attached hydrogens (tertiary/aromatic N) is 1. The van der Waals surface area contributed by atoms with Crippen molar-refractivity contribution in [3.8, 4) is 11.5 Å². The number of aliphatic hydroxyl groups excluding tert-OH is 1. The SMILES string of the molecule is CC[C@@H](O)NC1C[C@H](/C=C(\C)[C@H]2OC(=O)C3CCCCN3C(=O)C(=O)C3(O)O[C@H](C(OC)CC(C)C/C(C)=C/[C@@H](CC)C(=O)CC[C@@H]2C)C(OC)CC3C)CC[C@H]1Oc1ccc(OC)cc1. The van der Waals surface area contributed by atoms with Crippen LogP contribution < -0.4 is 14.8 Å². The Morgan fingerprint density at radius 3 is 2.26 bits per heavy atom. The molecule has 66 heavy (non-hydrogen) atoms. The number of nitrogens with one attached hydrogen (secondary N) is 1. The number of cyclic esters (lactones) is 1. The summed E-state index contributed by atoms with van der Waals surface area (Å²) in [5, 5.41) is 26.3. The van der Waals surface area contributed by atoms with Crippen molar-refractivity contribution in [2.45, 2.75) is 187 Å². The van der Waals surface area contributed by atoms with E-state index in [-0.39, 0.29) is 67.4 Å². The number of methoxy groups -OCH3 is 3. The van der Waals surface area contributed by atoms with Crippen LogP contribution in [0.2, 0.25) is 0 Å². The second-order valence-electron chi connectivity index (χ2n) is 19.7. The maximum atomic E-state index is 14.6. The van der Waals surface area contributed by atoms with Crippen molar-refractivity contribution in [3.63, 3.8) is 0 Å². The number of aliphatic hydroxyl groups is 2. The molecule has 1 amide bonds. The molecule has 1 aromatic carbocycles. The van der Waals surface area contributed by atoms with E-state index in [1.807, 2.05) is 58.9 Å². The van der Waals surface area contributed by atoms with Gasteiger partial charge in [0.15, 0.2) is 0 Å². The minimum atomic E-state index is -2.49. The molecule has 2 bridgehead atoms. The second kappa shape index (κ2) is 24.6. The third-order valence-corrected chi connectivity index (χ3v) is 14.6. The minimum absolute atomic E-state index is 0.0442. The predicted molar refractivity (Wildman–Crippen MR) is 251 cm³/mol. The van der Waals surface area contributed by atoms with Gasteiger partial charge in [-0.1, -0.05) is 52.3 Å². The first kappa shape index (κ1) is 53.3. The Morgan fingerprint density at radius 1 is 0.924 bits per heavy atom. The average Bonchev–Trinajstić information content (AvgIpc) is 3.31. The van der Waals surface area contributed by atoms with Crippen molar-refractivity contribution in [2.24, 2.45) is 29.6 Å². The number of ether oxygens (including phenoxy) is 6. The maximum absolute atomic E-state index is 14.6. The number of Topliss-reactive ketones (excluding diaryl/α,β-unsaturated/α-hetero) is 2. The molecule has 5 rings (SSSR count). The van der Waals surface area contributed by atoms with Crippen LogP contribution >= 0.6 is 0 Å². The third kappa shape index (κ3) is 13.3. The highest BCUT2D eigenvalue weighted by Crippen LogP contribution is 2.39. The van der Waals surface area contributed by atoms with Gasteiger partial charge in [0.05, 0.1) is 19.3 Å². The normalized spacial score (nSPS) is 36.3. The smallest absolute Gasteiger partial charge is 0.329 e. The van der Waals surface area contributed by atoms with E-state index in [9.17, 15) is 29.4 Å². The van der Waals surface area contributed by atoms with Gasteiger partial charge in [0.25, 0.3) is 11.7 Å². The number of carbonyl (C=O) groups is 4.